The van der Waals surface area contributed by atoms with Crippen molar-refractivity contribution >= 4 is 17.9 Å². The summed E-state index contributed by atoms with van der Waals surface area (Å²) in [6.45, 7) is 6.14. The smallest absolute Gasteiger partial charge is 0.306 e. The largest absolute Gasteiger partial charge is 0.462 e. The van der Waals surface area contributed by atoms with Gasteiger partial charge in [-0.05, 0) is 103 Å². The van der Waals surface area contributed by atoms with Crippen LogP contribution in [0, 0.1) is 0 Å². The van der Waals surface area contributed by atoms with Gasteiger partial charge in [-0.1, -0.05) is 211 Å². The van der Waals surface area contributed by atoms with Gasteiger partial charge in [0.05, 0.1) is 0 Å². The molecule has 0 N–H and O–H groups in total. The van der Waals surface area contributed by atoms with E-state index in [2.05, 4.69) is 106 Å². The Labute approximate surface area is 397 Å². The van der Waals surface area contributed by atoms with E-state index in [1.165, 1.54) is 12.8 Å². The van der Waals surface area contributed by atoms with E-state index in [1.807, 2.05) is 72.9 Å². The summed E-state index contributed by atoms with van der Waals surface area (Å²) in [5, 5.41) is 0. The van der Waals surface area contributed by atoms with Crippen molar-refractivity contribution in [1.82, 2.24) is 0 Å². The molecule has 0 aliphatic heterocycles. The van der Waals surface area contributed by atoms with E-state index in [0.717, 1.165) is 109 Å². The molecule has 65 heavy (non-hydrogen) atoms. The molecule has 0 radical (unpaired) electrons. The Bertz CT molecular complexity index is 1540. The summed E-state index contributed by atoms with van der Waals surface area (Å²) >= 11 is 0. The van der Waals surface area contributed by atoms with Gasteiger partial charge in [-0.3, -0.25) is 14.4 Å². The van der Waals surface area contributed by atoms with Gasteiger partial charge in [0.25, 0.3) is 0 Å². The first-order valence-electron chi connectivity index (χ1n) is 25.1. The van der Waals surface area contributed by atoms with Gasteiger partial charge < -0.3 is 14.2 Å². The van der Waals surface area contributed by atoms with Crippen molar-refractivity contribution in [2.75, 3.05) is 13.2 Å². The first kappa shape index (κ1) is 60.0. The van der Waals surface area contributed by atoms with E-state index in [-0.39, 0.29) is 50.4 Å². The van der Waals surface area contributed by atoms with Gasteiger partial charge >= 0.3 is 17.9 Å². The average molecular weight is 893 g/mol. The summed E-state index contributed by atoms with van der Waals surface area (Å²) in [5.74, 6) is -1.04. The summed E-state index contributed by atoms with van der Waals surface area (Å²) in [5.41, 5.74) is 0. The maximum Gasteiger partial charge on any atom is 0.306 e. The Hall–Kier alpha value is -4.97. The number of ether oxygens (including phenoxy) is 3. The maximum absolute atomic E-state index is 12.8. The number of rotatable bonds is 42. The van der Waals surface area contributed by atoms with Crippen LogP contribution in [-0.4, -0.2) is 37.2 Å². The number of carbonyl (C=O) groups is 3. The lowest BCUT2D eigenvalue weighted by molar-refractivity contribution is -0.167. The van der Waals surface area contributed by atoms with Crippen molar-refractivity contribution in [3.05, 3.63) is 158 Å². The van der Waals surface area contributed by atoms with Crippen LogP contribution in [-0.2, 0) is 28.6 Å². The molecule has 0 saturated heterocycles. The topological polar surface area (TPSA) is 78.9 Å². The van der Waals surface area contributed by atoms with Gasteiger partial charge in [-0.2, -0.15) is 0 Å². The quantitative estimate of drug-likeness (QED) is 0.0200. The fourth-order valence-electron chi connectivity index (χ4n) is 6.04. The molecular formula is C59H88O6. The SMILES string of the molecule is CC\C=C/C=C\C=C/C=C\C=C\C=C/C=C\CCCCCC(=O)OCC(COC(=O)CCCC/C=C\C/C=C\C/C=C\CC)OC(=O)CCCCCCCC/C=C\C/C=C\C/C=C\CC. The van der Waals surface area contributed by atoms with Crippen LogP contribution in [0.4, 0.5) is 0 Å². The van der Waals surface area contributed by atoms with Gasteiger partial charge in [0.2, 0.25) is 0 Å². The Kier molecular flexibility index (Phi) is 47.7. The standard InChI is InChI=1S/C59H88O6/c1-4-7-10-13-16-19-22-25-27-29-30-31-33-34-37-40-43-46-49-52-58(61)64-55-56(54-63-57(60)51-48-45-42-39-36-24-21-18-15-12-9-6-3)65-59(62)53-50-47-44-41-38-35-32-28-26-23-20-17-14-11-8-5-2/h7-13,16-22,25-31,33-34,36-37,39,56H,4-6,14-15,23-24,32,35,38,40-55H2,1-3H3/b10-7-,11-8-,12-9-,16-13-,20-17-,21-18-,22-19-,27-25-,28-26-,30-29+,33-31-,37-34-,39-36-. The third kappa shape index (κ3) is 49.9. The van der Waals surface area contributed by atoms with E-state index in [9.17, 15) is 14.4 Å². The highest BCUT2D eigenvalue weighted by molar-refractivity contribution is 5.71. The van der Waals surface area contributed by atoms with Crippen molar-refractivity contribution in [2.45, 2.75) is 181 Å². The van der Waals surface area contributed by atoms with E-state index in [4.69, 9.17) is 14.2 Å². The molecule has 0 heterocycles. The molecule has 1 atom stereocenters. The van der Waals surface area contributed by atoms with Crippen LogP contribution in [0.15, 0.2) is 158 Å². The molecule has 360 valence electrons. The molecule has 0 saturated carbocycles. The molecule has 6 nitrogen and oxygen atoms in total. The molecule has 0 aromatic rings. The summed E-state index contributed by atoms with van der Waals surface area (Å²) in [4.78, 5) is 38.0. The van der Waals surface area contributed by atoms with Crippen LogP contribution in [0.3, 0.4) is 0 Å². The molecule has 0 amide bonds. The number of esters is 3. The fraction of sp³-hybridized carbons (Fsp3) is 0.508. The van der Waals surface area contributed by atoms with Gasteiger partial charge in [0, 0.05) is 19.3 Å². The van der Waals surface area contributed by atoms with E-state index in [1.54, 1.807) is 0 Å². The molecule has 1 unspecified atom stereocenters. The average Bonchev–Trinajstić information content (AvgIpc) is 3.30. The predicted molar refractivity (Wildman–Crippen MR) is 278 cm³/mol. The minimum Gasteiger partial charge on any atom is -0.462 e. The number of hydrogen-bond acceptors (Lipinski definition) is 6. The molecule has 0 rings (SSSR count). The molecule has 6 heteroatoms. The Balaban J connectivity index is 4.59. The van der Waals surface area contributed by atoms with Crippen LogP contribution in [0.1, 0.15) is 175 Å². The van der Waals surface area contributed by atoms with Crippen LogP contribution >= 0.6 is 0 Å². The second kappa shape index (κ2) is 51.7. The molecule has 0 aliphatic rings. The number of allylic oxidation sites excluding steroid dienone is 26. The van der Waals surface area contributed by atoms with Crippen LogP contribution in [0.5, 0.6) is 0 Å². The second-order valence-electron chi connectivity index (χ2n) is 15.8. The van der Waals surface area contributed by atoms with Crippen molar-refractivity contribution in [2.24, 2.45) is 0 Å². The monoisotopic (exact) mass is 893 g/mol. The normalized spacial score (nSPS) is 13.5. The van der Waals surface area contributed by atoms with E-state index >= 15 is 0 Å². The Morgan fingerprint density at radius 3 is 1.09 bits per heavy atom. The molecule has 0 fully saturated rings. The first-order valence-corrected chi connectivity index (χ1v) is 25.1. The van der Waals surface area contributed by atoms with E-state index in [0.29, 0.717) is 12.8 Å². The molecule has 0 bridgehead atoms. The van der Waals surface area contributed by atoms with Crippen molar-refractivity contribution in [3.8, 4) is 0 Å². The zero-order valence-corrected chi connectivity index (χ0v) is 40.9. The number of carbonyl (C=O) groups excluding carboxylic acids is 3. The van der Waals surface area contributed by atoms with Crippen molar-refractivity contribution < 1.29 is 28.6 Å². The zero-order valence-electron chi connectivity index (χ0n) is 40.9. The number of unbranched alkanes of at least 4 members (excludes halogenated alkanes) is 11. The molecule has 0 aromatic heterocycles. The van der Waals surface area contributed by atoms with Crippen molar-refractivity contribution in [1.29, 1.82) is 0 Å². The summed E-state index contributed by atoms with van der Waals surface area (Å²) in [6, 6.07) is 0. The molecule has 0 aliphatic carbocycles. The van der Waals surface area contributed by atoms with Gasteiger partial charge in [0.15, 0.2) is 6.10 Å². The third-order valence-corrected chi connectivity index (χ3v) is 9.70. The Morgan fingerprint density at radius 1 is 0.323 bits per heavy atom. The minimum atomic E-state index is -0.827. The molecular weight excluding hydrogens is 805 g/mol. The summed E-state index contributed by atoms with van der Waals surface area (Å²) in [6.07, 6.45) is 75.1. The minimum absolute atomic E-state index is 0.127. The number of hydrogen-bond donors (Lipinski definition) is 0. The maximum atomic E-state index is 12.8. The highest BCUT2D eigenvalue weighted by atomic mass is 16.6. The van der Waals surface area contributed by atoms with Crippen LogP contribution in [0.2, 0.25) is 0 Å². The highest BCUT2D eigenvalue weighted by Gasteiger charge is 2.19. The second-order valence-corrected chi connectivity index (χ2v) is 15.8. The lowest BCUT2D eigenvalue weighted by Gasteiger charge is -2.18. The lowest BCUT2D eigenvalue weighted by atomic mass is 10.1. The first-order chi connectivity index (χ1) is 32.0. The third-order valence-electron chi connectivity index (χ3n) is 9.70. The lowest BCUT2D eigenvalue weighted by Crippen LogP contribution is -2.30. The van der Waals surface area contributed by atoms with Gasteiger partial charge in [-0.15, -0.1) is 0 Å². The van der Waals surface area contributed by atoms with Gasteiger partial charge in [-0.25, -0.2) is 0 Å². The zero-order chi connectivity index (χ0) is 47.2. The Morgan fingerprint density at radius 2 is 0.631 bits per heavy atom. The summed E-state index contributed by atoms with van der Waals surface area (Å²) < 4.78 is 16.7. The highest BCUT2D eigenvalue weighted by Crippen LogP contribution is 2.12. The summed E-state index contributed by atoms with van der Waals surface area (Å²) in [7, 11) is 0. The fourth-order valence-corrected chi connectivity index (χ4v) is 6.04. The molecule has 0 spiro atoms. The van der Waals surface area contributed by atoms with Crippen LogP contribution in [0.25, 0.3) is 0 Å². The molecule has 0 aromatic carbocycles. The predicted octanol–water partition coefficient (Wildman–Crippen LogP) is 16.6. The van der Waals surface area contributed by atoms with Crippen molar-refractivity contribution in [3.63, 3.8) is 0 Å². The van der Waals surface area contributed by atoms with E-state index < -0.39 is 6.10 Å². The van der Waals surface area contributed by atoms with Gasteiger partial charge in [0.1, 0.15) is 13.2 Å². The van der Waals surface area contributed by atoms with Crippen LogP contribution < -0.4 is 0 Å².